The predicted octanol–water partition coefficient (Wildman–Crippen LogP) is 2.69. The molecule has 3 aromatic carbocycles. The second-order valence-corrected chi connectivity index (χ2v) is 7.88. The zero-order valence-electron chi connectivity index (χ0n) is 14.7. The molecule has 0 aliphatic carbocycles. The highest BCUT2D eigenvalue weighted by molar-refractivity contribution is 7.94. The van der Waals surface area contributed by atoms with Crippen molar-refractivity contribution < 1.29 is 18.0 Å². The van der Waals surface area contributed by atoms with Crippen LogP contribution < -0.4 is 16.8 Å². The van der Waals surface area contributed by atoms with Crippen LogP contribution in [0.25, 0.3) is 10.8 Å². The number of carbonyl (C=O) groups is 2. The van der Waals surface area contributed by atoms with E-state index in [0.717, 1.165) is 5.41 Å². The molecule has 0 saturated heterocycles. The third kappa shape index (κ3) is 3.45. The number of nitrogens with one attached hydrogen (secondary N) is 1. The molecule has 8 heteroatoms. The maximum Gasteiger partial charge on any atom is 0.257 e. The molecule has 5 N–H and O–H groups in total. The molecule has 142 valence electrons. The molecule has 7 nitrogen and oxygen atoms in total. The summed E-state index contributed by atoms with van der Waals surface area (Å²) >= 11 is 0. The normalized spacial score (nSPS) is 11.1. The van der Waals surface area contributed by atoms with Crippen LogP contribution in [0.4, 0.5) is 11.4 Å². The Labute approximate surface area is 161 Å². The Bertz CT molecular complexity index is 1230. The first-order chi connectivity index (χ1) is 13.2. The van der Waals surface area contributed by atoms with E-state index in [2.05, 4.69) is 11.9 Å². The smallest absolute Gasteiger partial charge is 0.257 e. The van der Waals surface area contributed by atoms with Gasteiger partial charge in [0.05, 0.1) is 16.1 Å². The number of fused-ring (bicyclic) bond motifs is 1. The summed E-state index contributed by atoms with van der Waals surface area (Å²) in [6, 6.07) is 13.9. The van der Waals surface area contributed by atoms with Gasteiger partial charge in [0.25, 0.3) is 5.91 Å². The van der Waals surface area contributed by atoms with Crippen LogP contribution in [0.1, 0.15) is 20.7 Å². The van der Waals surface area contributed by atoms with Crippen molar-refractivity contribution in [3.63, 3.8) is 0 Å². The van der Waals surface area contributed by atoms with Gasteiger partial charge < -0.3 is 16.8 Å². The highest BCUT2D eigenvalue weighted by Gasteiger charge is 2.17. The van der Waals surface area contributed by atoms with Crippen LogP contribution in [0, 0.1) is 0 Å². The number of hydrogen-bond acceptors (Lipinski definition) is 5. The molecule has 0 unspecified atom stereocenters. The highest BCUT2D eigenvalue weighted by Crippen LogP contribution is 2.29. The molecule has 0 heterocycles. The van der Waals surface area contributed by atoms with Gasteiger partial charge in [0.15, 0.2) is 9.84 Å². The quantitative estimate of drug-likeness (QED) is 0.571. The summed E-state index contributed by atoms with van der Waals surface area (Å²) in [5.74, 6) is -1.20. The van der Waals surface area contributed by atoms with E-state index < -0.39 is 21.7 Å². The number of primary amides is 1. The van der Waals surface area contributed by atoms with Crippen molar-refractivity contribution in [1.82, 2.24) is 0 Å². The Morgan fingerprint density at radius 2 is 1.71 bits per heavy atom. The van der Waals surface area contributed by atoms with Gasteiger partial charge in [-0.25, -0.2) is 8.42 Å². The number of hydrogen-bond donors (Lipinski definition) is 3. The monoisotopic (exact) mass is 395 g/mol. The number of amides is 2. The minimum atomic E-state index is -3.64. The van der Waals surface area contributed by atoms with E-state index in [9.17, 15) is 18.0 Å². The summed E-state index contributed by atoms with van der Waals surface area (Å²) in [4.78, 5) is 24.4. The molecule has 0 aliphatic heterocycles. The van der Waals surface area contributed by atoms with Crippen molar-refractivity contribution in [2.45, 2.75) is 4.90 Å². The first-order valence-electron chi connectivity index (χ1n) is 8.14. The van der Waals surface area contributed by atoms with E-state index in [1.807, 2.05) is 0 Å². The second-order valence-electron chi connectivity index (χ2n) is 5.99. The highest BCUT2D eigenvalue weighted by atomic mass is 32.2. The Morgan fingerprint density at radius 3 is 2.39 bits per heavy atom. The van der Waals surface area contributed by atoms with Crippen molar-refractivity contribution in [3.05, 3.63) is 77.7 Å². The van der Waals surface area contributed by atoms with Crippen molar-refractivity contribution >= 4 is 43.8 Å². The van der Waals surface area contributed by atoms with Gasteiger partial charge in [-0.1, -0.05) is 30.8 Å². The Kier molecular flexibility index (Phi) is 4.89. The average Bonchev–Trinajstić information content (AvgIpc) is 2.67. The Hall–Kier alpha value is -3.65. The van der Waals surface area contributed by atoms with E-state index in [4.69, 9.17) is 11.5 Å². The standard InChI is InChI=1S/C20H17N3O4S/c1-2-28(26,27)14-7-4-6-13(11-14)23-20(25)16-10-9-12-5-3-8-15(19(22)24)17(12)18(16)21/h2-11H,1,21H2,(H2,22,24)(H,23,25). The fourth-order valence-corrected chi connectivity index (χ4v) is 3.61. The average molecular weight is 395 g/mol. The van der Waals surface area contributed by atoms with Crippen molar-refractivity contribution in [2.75, 3.05) is 11.1 Å². The molecule has 3 rings (SSSR count). The molecule has 0 fully saturated rings. The SMILES string of the molecule is C=CS(=O)(=O)c1cccc(NC(=O)c2ccc3cccc(C(N)=O)c3c2N)c1. The van der Waals surface area contributed by atoms with Crippen LogP contribution in [0.2, 0.25) is 0 Å². The van der Waals surface area contributed by atoms with Crippen LogP contribution in [0.15, 0.2) is 71.5 Å². The molecule has 0 aliphatic rings. The maximum absolute atomic E-state index is 12.7. The maximum atomic E-state index is 12.7. The molecule has 0 atom stereocenters. The van der Waals surface area contributed by atoms with Crippen LogP contribution >= 0.6 is 0 Å². The number of carbonyl (C=O) groups excluding carboxylic acids is 2. The minimum absolute atomic E-state index is 0.00259. The Morgan fingerprint density at radius 1 is 1.00 bits per heavy atom. The van der Waals surface area contributed by atoms with Gasteiger partial charge in [-0.05, 0) is 35.7 Å². The van der Waals surface area contributed by atoms with Crippen LogP contribution in [0.5, 0.6) is 0 Å². The summed E-state index contributed by atoms with van der Waals surface area (Å²) in [6.07, 6.45) is 0. The number of anilines is 2. The first-order valence-corrected chi connectivity index (χ1v) is 9.69. The first kappa shape index (κ1) is 19.1. The van der Waals surface area contributed by atoms with E-state index in [1.165, 1.54) is 30.3 Å². The molecule has 3 aromatic rings. The summed E-state index contributed by atoms with van der Waals surface area (Å²) < 4.78 is 23.8. The second kappa shape index (κ2) is 7.16. The zero-order valence-corrected chi connectivity index (χ0v) is 15.5. The zero-order chi connectivity index (χ0) is 20.5. The molecule has 0 saturated carbocycles. The van der Waals surface area contributed by atoms with E-state index in [-0.39, 0.29) is 27.4 Å². The van der Waals surface area contributed by atoms with Gasteiger partial charge >= 0.3 is 0 Å². The van der Waals surface area contributed by atoms with E-state index in [0.29, 0.717) is 10.8 Å². The summed E-state index contributed by atoms with van der Waals surface area (Å²) in [7, 11) is -3.64. The summed E-state index contributed by atoms with van der Waals surface area (Å²) in [5, 5.41) is 4.51. The predicted molar refractivity (Wildman–Crippen MR) is 109 cm³/mol. The lowest BCUT2D eigenvalue weighted by Gasteiger charge is -2.12. The fourth-order valence-electron chi connectivity index (χ4n) is 2.86. The number of benzene rings is 3. The lowest BCUT2D eigenvalue weighted by Crippen LogP contribution is -2.16. The summed E-state index contributed by atoms with van der Waals surface area (Å²) in [6.45, 7) is 3.28. The molecule has 2 amide bonds. The van der Waals surface area contributed by atoms with Crippen LogP contribution in [-0.4, -0.2) is 20.2 Å². The number of rotatable bonds is 5. The molecule has 0 radical (unpaired) electrons. The molecular formula is C20H17N3O4S. The van der Waals surface area contributed by atoms with Crippen molar-refractivity contribution in [1.29, 1.82) is 0 Å². The molecular weight excluding hydrogens is 378 g/mol. The topological polar surface area (TPSA) is 132 Å². The van der Waals surface area contributed by atoms with Crippen molar-refractivity contribution in [2.24, 2.45) is 5.73 Å². The molecule has 0 spiro atoms. The number of sulfone groups is 1. The fraction of sp³-hybridized carbons (Fsp3) is 0. The van der Waals surface area contributed by atoms with Gasteiger partial charge in [-0.15, -0.1) is 0 Å². The van der Waals surface area contributed by atoms with Gasteiger partial charge in [0.1, 0.15) is 0 Å². The molecule has 0 bridgehead atoms. The Balaban J connectivity index is 2.02. The lowest BCUT2D eigenvalue weighted by atomic mass is 9.98. The van der Waals surface area contributed by atoms with Gasteiger partial charge in [-0.3, -0.25) is 9.59 Å². The minimum Gasteiger partial charge on any atom is -0.398 e. The van der Waals surface area contributed by atoms with Gasteiger partial charge in [0, 0.05) is 22.0 Å². The third-order valence-electron chi connectivity index (χ3n) is 4.24. The van der Waals surface area contributed by atoms with Gasteiger partial charge in [0.2, 0.25) is 5.91 Å². The van der Waals surface area contributed by atoms with Crippen LogP contribution in [-0.2, 0) is 9.84 Å². The lowest BCUT2D eigenvalue weighted by molar-refractivity contribution is 0.0998. The molecule has 28 heavy (non-hydrogen) atoms. The van der Waals surface area contributed by atoms with E-state index in [1.54, 1.807) is 24.3 Å². The van der Waals surface area contributed by atoms with Gasteiger partial charge in [-0.2, -0.15) is 0 Å². The largest absolute Gasteiger partial charge is 0.398 e. The number of nitrogen functional groups attached to an aromatic ring is 1. The van der Waals surface area contributed by atoms with Crippen LogP contribution in [0.3, 0.4) is 0 Å². The van der Waals surface area contributed by atoms with Crippen molar-refractivity contribution in [3.8, 4) is 0 Å². The summed E-state index contributed by atoms with van der Waals surface area (Å²) in [5.41, 5.74) is 12.3. The number of nitrogens with two attached hydrogens (primary N) is 2. The third-order valence-corrected chi connectivity index (χ3v) is 5.59. The molecule has 0 aromatic heterocycles. The van der Waals surface area contributed by atoms with E-state index >= 15 is 0 Å².